The molecule has 1 unspecified atom stereocenters. The van der Waals surface area contributed by atoms with E-state index >= 15 is 0 Å². The number of ether oxygens (including phenoxy) is 1. The van der Waals surface area contributed by atoms with E-state index in [2.05, 4.69) is 5.32 Å². The Morgan fingerprint density at radius 2 is 1.90 bits per heavy atom. The minimum Gasteiger partial charge on any atom is -0.497 e. The van der Waals surface area contributed by atoms with E-state index in [1.807, 2.05) is 38.1 Å². The van der Waals surface area contributed by atoms with E-state index in [9.17, 15) is 4.39 Å². The summed E-state index contributed by atoms with van der Waals surface area (Å²) in [4.78, 5) is 0. The average molecular weight is 273 g/mol. The van der Waals surface area contributed by atoms with Gasteiger partial charge in [-0.2, -0.15) is 0 Å². The summed E-state index contributed by atoms with van der Waals surface area (Å²) in [6.45, 7) is 4.83. The van der Waals surface area contributed by atoms with Gasteiger partial charge in [0.2, 0.25) is 0 Å². The zero-order valence-electron chi connectivity index (χ0n) is 12.1. The number of hydrogen-bond donors (Lipinski definition) is 1. The topological polar surface area (TPSA) is 21.3 Å². The van der Waals surface area contributed by atoms with Crippen molar-refractivity contribution in [3.63, 3.8) is 0 Å². The van der Waals surface area contributed by atoms with E-state index in [1.54, 1.807) is 12.1 Å². The summed E-state index contributed by atoms with van der Waals surface area (Å²) < 4.78 is 19.4. The van der Waals surface area contributed by atoms with Crippen molar-refractivity contribution in [2.24, 2.45) is 0 Å². The number of halogens is 1. The molecule has 0 aliphatic rings. The largest absolute Gasteiger partial charge is 0.497 e. The van der Waals surface area contributed by atoms with Gasteiger partial charge in [-0.3, -0.25) is 0 Å². The highest BCUT2D eigenvalue weighted by atomic mass is 19.1. The summed E-state index contributed by atoms with van der Waals surface area (Å²) in [6, 6.07) is 12.9. The molecule has 0 saturated heterocycles. The van der Waals surface area contributed by atoms with E-state index in [-0.39, 0.29) is 11.9 Å². The Bertz CT molecular complexity index is 583. The molecule has 0 amide bonds. The van der Waals surface area contributed by atoms with Crippen molar-refractivity contribution in [3.05, 3.63) is 65.0 Å². The van der Waals surface area contributed by atoms with E-state index in [1.165, 1.54) is 13.2 Å². The molecule has 106 valence electrons. The van der Waals surface area contributed by atoms with Gasteiger partial charge in [0.05, 0.1) is 13.2 Å². The molecule has 0 aromatic heterocycles. The second-order valence-corrected chi connectivity index (χ2v) is 4.73. The molecule has 2 rings (SSSR count). The predicted octanol–water partition coefficient (Wildman–Crippen LogP) is 3.84. The molecule has 0 heterocycles. The Balaban J connectivity index is 2.46. The van der Waals surface area contributed by atoms with Gasteiger partial charge in [0.15, 0.2) is 0 Å². The number of rotatable bonds is 5. The third-order valence-corrected chi connectivity index (χ3v) is 3.43. The monoisotopic (exact) mass is 273 g/mol. The lowest BCUT2D eigenvalue weighted by molar-refractivity contribution is 0.410. The van der Waals surface area contributed by atoms with Crippen LogP contribution in [0.1, 0.15) is 29.7 Å². The van der Waals surface area contributed by atoms with Crippen LogP contribution in [0.15, 0.2) is 42.5 Å². The summed E-state index contributed by atoms with van der Waals surface area (Å²) in [5.41, 5.74) is 2.88. The molecule has 1 N–H and O–H groups in total. The standard InChI is InChI=1S/C17H20FNO/c1-4-19-17(14-8-6-5-7-12(14)2)15-10-9-13(20-3)11-16(15)18/h5-11,17,19H,4H2,1-3H3. The van der Waals surface area contributed by atoms with Crippen molar-refractivity contribution in [1.29, 1.82) is 0 Å². The third kappa shape index (κ3) is 2.99. The minimum absolute atomic E-state index is 0.146. The molecular formula is C17H20FNO. The van der Waals surface area contributed by atoms with Crippen molar-refractivity contribution in [2.75, 3.05) is 13.7 Å². The molecule has 0 bridgehead atoms. The zero-order valence-corrected chi connectivity index (χ0v) is 12.1. The fourth-order valence-electron chi connectivity index (χ4n) is 2.37. The first-order valence-electron chi connectivity index (χ1n) is 6.79. The van der Waals surface area contributed by atoms with Crippen molar-refractivity contribution in [1.82, 2.24) is 5.32 Å². The number of nitrogens with one attached hydrogen (secondary N) is 1. The molecule has 2 nitrogen and oxygen atoms in total. The van der Waals surface area contributed by atoms with Gasteiger partial charge in [0.25, 0.3) is 0 Å². The quantitative estimate of drug-likeness (QED) is 0.893. The fourth-order valence-corrected chi connectivity index (χ4v) is 2.37. The highest BCUT2D eigenvalue weighted by Crippen LogP contribution is 2.28. The molecule has 3 heteroatoms. The molecular weight excluding hydrogens is 253 g/mol. The Morgan fingerprint density at radius 1 is 1.15 bits per heavy atom. The van der Waals surface area contributed by atoms with Crippen LogP contribution in [0.3, 0.4) is 0 Å². The van der Waals surface area contributed by atoms with Crippen LogP contribution >= 0.6 is 0 Å². The molecule has 0 aliphatic heterocycles. The van der Waals surface area contributed by atoms with Gasteiger partial charge in [-0.05, 0) is 30.7 Å². The molecule has 2 aromatic rings. The van der Waals surface area contributed by atoms with E-state index in [0.29, 0.717) is 11.3 Å². The third-order valence-electron chi connectivity index (χ3n) is 3.43. The summed E-state index contributed by atoms with van der Waals surface area (Å²) in [5, 5.41) is 3.35. The Labute approximate surface area is 119 Å². The second kappa shape index (κ2) is 6.53. The second-order valence-electron chi connectivity index (χ2n) is 4.73. The van der Waals surface area contributed by atoms with Crippen molar-refractivity contribution in [3.8, 4) is 5.75 Å². The number of methoxy groups -OCH3 is 1. The normalized spacial score (nSPS) is 12.2. The van der Waals surface area contributed by atoms with Gasteiger partial charge < -0.3 is 10.1 Å². The van der Waals surface area contributed by atoms with Crippen molar-refractivity contribution in [2.45, 2.75) is 19.9 Å². The maximum absolute atomic E-state index is 14.3. The molecule has 0 fully saturated rings. The highest BCUT2D eigenvalue weighted by molar-refractivity contribution is 5.39. The first-order valence-corrected chi connectivity index (χ1v) is 6.79. The zero-order chi connectivity index (χ0) is 14.5. The van der Waals surface area contributed by atoms with Crippen LogP contribution < -0.4 is 10.1 Å². The average Bonchev–Trinajstić information content (AvgIpc) is 2.46. The summed E-state index contributed by atoms with van der Waals surface area (Å²) in [6.07, 6.45) is 0. The maximum atomic E-state index is 14.3. The minimum atomic E-state index is -0.251. The first kappa shape index (κ1) is 14.5. The Kier molecular flexibility index (Phi) is 4.74. The van der Waals surface area contributed by atoms with Crippen LogP contribution in [0.4, 0.5) is 4.39 Å². The molecule has 0 radical (unpaired) electrons. The van der Waals surface area contributed by atoms with Crippen LogP contribution in [0.25, 0.3) is 0 Å². The van der Waals surface area contributed by atoms with Gasteiger partial charge in [-0.25, -0.2) is 4.39 Å². The van der Waals surface area contributed by atoms with Gasteiger partial charge >= 0.3 is 0 Å². The van der Waals surface area contributed by atoms with E-state index in [0.717, 1.165) is 17.7 Å². The van der Waals surface area contributed by atoms with Crippen LogP contribution in [-0.2, 0) is 0 Å². The van der Waals surface area contributed by atoms with E-state index in [4.69, 9.17) is 4.74 Å². The molecule has 0 aliphatic carbocycles. The smallest absolute Gasteiger partial charge is 0.132 e. The first-order chi connectivity index (χ1) is 9.67. The van der Waals surface area contributed by atoms with Crippen LogP contribution in [0, 0.1) is 12.7 Å². The van der Waals surface area contributed by atoms with Crippen LogP contribution in [0.2, 0.25) is 0 Å². The van der Waals surface area contributed by atoms with E-state index < -0.39 is 0 Å². The summed E-state index contributed by atoms with van der Waals surface area (Å²) >= 11 is 0. The lowest BCUT2D eigenvalue weighted by Gasteiger charge is -2.21. The Morgan fingerprint density at radius 3 is 2.50 bits per heavy atom. The van der Waals surface area contributed by atoms with Gasteiger partial charge in [-0.15, -0.1) is 0 Å². The van der Waals surface area contributed by atoms with Crippen molar-refractivity contribution < 1.29 is 9.13 Å². The van der Waals surface area contributed by atoms with Gasteiger partial charge in [-0.1, -0.05) is 37.3 Å². The number of hydrogen-bond acceptors (Lipinski definition) is 2. The van der Waals surface area contributed by atoms with Crippen LogP contribution in [0.5, 0.6) is 5.75 Å². The lowest BCUT2D eigenvalue weighted by Crippen LogP contribution is -2.23. The molecule has 1 atom stereocenters. The van der Waals surface area contributed by atoms with Gasteiger partial charge in [0.1, 0.15) is 11.6 Å². The molecule has 2 aromatic carbocycles. The SMILES string of the molecule is CCNC(c1ccccc1C)c1ccc(OC)cc1F. The fraction of sp³-hybridized carbons (Fsp3) is 0.294. The number of benzene rings is 2. The summed E-state index contributed by atoms with van der Waals surface area (Å²) in [7, 11) is 1.54. The lowest BCUT2D eigenvalue weighted by atomic mass is 9.94. The predicted molar refractivity (Wildman–Crippen MR) is 79.7 cm³/mol. The molecule has 0 spiro atoms. The van der Waals surface area contributed by atoms with Crippen LogP contribution in [-0.4, -0.2) is 13.7 Å². The van der Waals surface area contributed by atoms with Gasteiger partial charge in [0, 0.05) is 11.6 Å². The Hall–Kier alpha value is -1.87. The summed E-state index contributed by atoms with van der Waals surface area (Å²) in [5.74, 6) is 0.282. The van der Waals surface area contributed by atoms with Crippen molar-refractivity contribution >= 4 is 0 Å². The molecule has 20 heavy (non-hydrogen) atoms. The molecule has 0 saturated carbocycles. The highest BCUT2D eigenvalue weighted by Gasteiger charge is 2.18. The number of aryl methyl sites for hydroxylation is 1. The maximum Gasteiger partial charge on any atom is 0.132 e.